The standard InChI is InChI=1S/C11H23NO5S/c1-7(2)16-11-9(6-18(13,14)12-4)17-8(3)10(11)15-5/h7-12H,6H2,1-5H3/t8-,9+,10-,11+/m0/s1. The summed E-state index contributed by atoms with van der Waals surface area (Å²) < 4.78 is 42.2. The van der Waals surface area contributed by atoms with Gasteiger partial charge in [0.05, 0.1) is 18.0 Å². The van der Waals surface area contributed by atoms with Crippen LogP contribution in [0.4, 0.5) is 0 Å². The van der Waals surface area contributed by atoms with E-state index in [9.17, 15) is 8.42 Å². The number of hydrogen-bond donors (Lipinski definition) is 1. The Hall–Kier alpha value is -0.210. The number of nitrogens with one attached hydrogen (secondary N) is 1. The van der Waals surface area contributed by atoms with Crippen LogP contribution >= 0.6 is 0 Å². The molecule has 0 aromatic carbocycles. The molecule has 0 spiro atoms. The van der Waals surface area contributed by atoms with Crippen molar-refractivity contribution in [3.8, 4) is 0 Å². The van der Waals surface area contributed by atoms with Crippen LogP contribution in [0.5, 0.6) is 0 Å². The van der Waals surface area contributed by atoms with E-state index in [1.165, 1.54) is 7.05 Å². The highest BCUT2D eigenvalue weighted by atomic mass is 32.2. The quantitative estimate of drug-likeness (QED) is 0.749. The van der Waals surface area contributed by atoms with Gasteiger partial charge in [0.15, 0.2) is 0 Å². The smallest absolute Gasteiger partial charge is 0.214 e. The van der Waals surface area contributed by atoms with Crippen LogP contribution < -0.4 is 4.72 Å². The van der Waals surface area contributed by atoms with Crippen LogP contribution in [0.3, 0.4) is 0 Å². The SMILES string of the molecule is CNS(=O)(=O)C[C@H]1O[C@@H](C)[C@H](OC)[C@@H]1OC(C)C. The Kier molecular flexibility index (Phi) is 5.54. The first-order chi connectivity index (χ1) is 8.30. The van der Waals surface area contributed by atoms with Gasteiger partial charge in [0, 0.05) is 7.11 Å². The molecule has 0 aromatic heterocycles. The van der Waals surface area contributed by atoms with Crippen LogP contribution in [0, 0.1) is 0 Å². The van der Waals surface area contributed by atoms with E-state index in [0.29, 0.717) is 0 Å². The molecule has 1 fully saturated rings. The molecule has 18 heavy (non-hydrogen) atoms. The van der Waals surface area contributed by atoms with Gasteiger partial charge in [-0.3, -0.25) is 0 Å². The van der Waals surface area contributed by atoms with Gasteiger partial charge >= 0.3 is 0 Å². The second kappa shape index (κ2) is 6.29. The molecular formula is C11H23NO5S. The zero-order chi connectivity index (χ0) is 13.9. The van der Waals surface area contributed by atoms with E-state index in [2.05, 4.69) is 4.72 Å². The van der Waals surface area contributed by atoms with Gasteiger partial charge in [0.25, 0.3) is 0 Å². The molecule has 0 saturated carbocycles. The van der Waals surface area contributed by atoms with Gasteiger partial charge in [-0.05, 0) is 27.8 Å². The fourth-order valence-electron chi connectivity index (χ4n) is 2.15. The lowest BCUT2D eigenvalue weighted by molar-refractivity contribution is -0.0719. The maximum atomic E-state index is 11.6. The molecule has 1 aliphatic heterocycles. The lowest BCUT2D eigenvalue weighted by Crippen LogP contribution is -2.42. The number of hydrogen-bond acceptors (Lipinski definition) is 5. The molecule has 0 amide bonds. The molecular weight excluding hydrogens is 258 g/mol. The third kappa shape index (κ3) is 3.89. The van der Waals surface area contributed by atoms with Crippen molar-refractivity contribution in [3.05, 3.63) is 0 Å². The van der Waals surface area contributed by atoms with E-state index < -0.39 is 16.1 Å². The highest BCUT2D eigenvalue weighted by Crippen LogP contribution is 2.27. The molecule has 1 N–H and O–H groups in total. The first kappa shape index (κ1) is 15.8. The topological polar surface area (TPSA) is 73.9 Å². The Morgan fingerprint density at radius 3 is 2.39 bits per heavy atom. The maximum Gasteiger partial charge on any atom is 0.214 e. The minimum atomic E-state index is -3.34. The van der Waals surface area contributed by atoms with Gasteiger partial charge < -0.3 is 14.2 Å². The number of rotatable bonds is 6. The molecule has 1 aliphatic rings. The molecule has 0 unspecified atom stereocenters. The highest BCUT2D eigenvalue weighted by Gasteiger charge is 2.45. The van der Waals surface area contributed by atoms with E-state index in [1.807, 2.05) is 20.8 Å². The molecule has 7 heteroatoms. The minimum absolute atomic E-state index is 0.0126. The van der Waals surface area contributed by atoms with Gasteiger partial charge in [-0.2, -0.15) is 0 Å². The maximum absolute atomic E-state index is 11.6. The molecule has 0 aliphatic carbocycles. The molecule has 1 heterocycles. The van der Waals surface area contributed by atoms with Crippen LogP contribution in [-0.4, -0.2) is 58.8 Å². The average molecular weight is 281 g/mol. The largest absolute Gasteiger partial charge is 0.376 e. The normalized spacial score (nSPS) is 33.2. The number of ether oxygens (including phenoxy) is 3. The number of methoxy groups -OCH3 is 1. The summed E-state index contributed by atoms with van der Waals surface area (Å²) in [6.45, 7) is 5.66. The van der Waals surface area contributed by atoms with Crippen molar-refractivity contribution in [2.24, 2.45) is 0 Å². The highest BCUT2D eigenvalue weighted by molar-refractivity contribution is 7.89. The summed E-state index contributed by atoms with van der Waals surface area (Å²) in [6.07, 6.45) is -1.32. The van der Waals surface area contributed by atoms with Crippen LogP contribution in [0.2, 0.25) is 0 Å². The summed E-state index contributed by atoms with van der Waals surface area (Å²) in [5.41, 5.74) is 0. The van der Waals surface area contributed by atoms with Crippen molar-refractivity contribution in [1.29, 1.82) is 0 Å². The molecule has 0 bridgehead atoms. The zero-order valence-electron chi connectivity index (χ0n) is 11.5. The Morgan fingerprint density at radius 1 is 1.33 bits per heavy atom. The zero-order valence-corrected chi connectivity index (χ0v) is 12.4. The van der Waals surface area contributed by atoms with E-state index in [4.69, 9.17) is 14.2 Å². The minimum Gasteiger partial charge on any atom is -0.376 e. The average Bonchev–Trinajstić information content (AvgIpc) is 2.53. The van der Waals surface area contributed by atoms with E-state index in [-0.39, 0.29) is 30.2 Å². The fourth-order valence-corrected chi connectivity index (χ4v) is 3.02. The number of sulfonamides is 1. The van der Waals surface area contributed by atoms with Crippen LogP contribution in [0.25, 0.3) is 0 Å². The summed E-state index contributed by atoms with van der Waals surface area (Å²) in [7, 11) is -0.369. The predicted octanol–water partition coefficient (Wildman–Crippen LogP) is 0.132. The molecule has 0 aromatic rings. The van der Waals surface area contributed by atoms with Gasteiger partial charge in [-0.1, -0.05) is 0 Å². The Bertz CT molecular complexity index is 356. The monoisotopic (exact) mass is 281 g/mol. The third-order valence-electron chi connectivity index (χ3n) is 2.94. The summed E-state index contributed by atoms with van der Waals surface area (Å²) in [6, 6.07) is 0. The lowest BCUT2D eigenvalue weighted by atomic mass is 10.1. The summed E-state index contributed by atoms with van der Waals surface area (Å²) in [5.74, 6) is -0.120. The summed E-state index contributed by atoms with van der Waals surface area (Å²) in [5, 5.41) is 0. The molecule has 6 nitrogen and oxygen atoms in total. The van der Waals surface area contributed by atoms with E-state index in [1.54, 1.807) is 7.11 Å². The predicted molar refractivity (Wildman–Crippen MR) is 68.0 cm³/mol. The molecule has 1 rings (SSSR count). The van der Waals surface area contributed by atoms with Crippen molar-refractivity contribution in [2.75, 3.05) is 19.9 Å². The molecule has 4 atom stereocenters. The van der Waals surface area contributed by atoms with Crippen LogP contribution in [0.15, 0.2) is 0 Å². The third-order valence-corrected chi connectivity index (χ3v) is 4.33. The molecule has 1 saturated heterocycles. The first-order valence-electron chi connectivity index (χ1n) is 6.05. The molecule has 0 radical (unpaired) electrons. The van der Waals surface area contributed by atoms with Gasteiger partial charge in [0.2, 0.25) is 10.0 Å². The second-order valence-corrected chi connectivity index (χ2v) is 6.69. The summed E-state index contributed by atoms with van der Waals surface area (Å²) >= 11 is 0. The first-order valence-corrected chi connectivity index (χ1v) is 7.71. The Morgan fingerprint density at radius 2 is 1.94 bits per heavy atom. The Balaban J connectivity index is 2.82. The van der Waals surface area contributed by atoms with Crippen molar-refractivity contribution >= 4 is 10.0 Å². The fraction of sp³-hybridized carbons (Fsp3) is 1.00. The van der Waals surface area contributed by atoms with Crippen molar-refractivity contribution < 1.29 is 22.6 Å². The van der Waals surface area contributed by atoms with Crippen molar-refractivity contribution in [3.63, 3.8) is 0 Å². The van der Waals surface area contributed by atoms with Crippen molar-refractivity contribution in [2.45, 2.75) is 51.3 Å². The van der Waals surface area contributed by atoms with Gasteiger partial charge in [0.1, 0.15) is 18.3 Å². The van der Waals surface area contributed by atoms with E-state index >= 15 is 0 Å². The molecule has 108 valence electrons. The van der Waals surface area contributed by atoms with Gasteiger partial charge in [-0.15, -0.1) is 0 Å². The van der Waals surface area contributed by atoms with Gasteiger partial charge in [-0.25, -0.2) is 13.1 Å². The van der Waals surface area contributed by atoms with E-state index in [0.717, 1.165) is 0 Å². The van der Waals surface area contributed by atoms with Crippen molar-refractivity contribution in [1.82, 2.24) is 4.72 Å². The van der Waals surface area contributed by atoms with Crippen LogP contribution in [-0.2, 0) is 24.2 Å². The summed E-state index contributed by atoms with van der Waals surface area (Å²) in [4.78, 5) is 0. The Labute approximate surface area is 109 Å². The second-order valence-electron chi connectivity index (χ2n) is 4.71. The van der Waals surface area contributed by atoms with Crippen LogP contribution in [0.1, 0.15) is 20.8 Å². The lowest BCUT2D eigenvalue weighted by Gasteiger charge is -2.24.